The molecule has 0 saturated carbocycles. The Kier molecular flexibility index (Phi) is 8.03. The molecule has 15 rings (SSSR count). The van der Waals surface area contributed by atoms with Gasteiger partial charge in [-0.25, -0.2) is 0 Å². The second-order valence-electron chi connectivity index (χ2n) is 22.7. The molecular weight excluding hydrogens is 864 g/mol. The first-order valence-corrected chi connectivity index (χ1v) is 26.2. The van der Waals surface area contributed by atoms with E-state index >= 15 is 0 Å². The Morgan fingerprint density at radius 3 is 1.84 bits per heavy atom. The SMILES string of the molecule is CC1(C)CCC(C)(C)c2cc(Nc3cc4c(cc3-c3cc5c(sc6ccccc65)c5c3Bc3cccc6c3N5c3ccccc3C63c5ccccc5-c5ccccc53)C(C)(C)c3ccccc3-4)ccc21. The maximum atomic E-state index is 4.18. The van der Waals surface area contributed by atoms with Gasteiger partial charge in [0.05, 0.1) is 21.5 Å². The van der Waals surface area contributed by atoms with Crippen molar-refractivity contribution < 1.29 is 0 Å². The van der Waals surface area contributed by atoms with Crippen LogP contribution in [0.15, 0.2) is 176 Å². The summed E-state index contributed by atoms with van der Waals surface area (Å²) in [4.78, 5) is 2.71. The summed E-state index contributed by atoms with van der Waals surface area (Å²) in [6.07, 6.45) is 2.37. The largest absolute Gasteiger partial charge is 0.355 e. The zero-order valence-corrected chi connectivity index (χ0v) is 41.5. The lowest BCUT2D eigenvalue weighted by Crippen LogP contribution is -2.47. The lowest BCUT2D eigenvalue weighted by atomic mass is 9.54. The van der Waals surface area contributed by atoms with E-state index < -0.39 is 5.41 Å². The van der Waals surface area contributed by atoms with Crippen LogP contribution >= 0.6 is 11.3 Å². The highest BCUT2D eigenvalue weighted by molar-refractivity contribution is 7.26. The molecule has 0 saturated heterocycles. The second-order valence-corrected chi connectivity index (χ2v) is 23.7. The predicted octanol–water partition coefficient (Wildman–Crippen LogP) is 16.0. The van der Waals surface area contributed by atoms with E-state index in [-0.39, 0.29) is 16.2 Å². The summed E-state index contributed by atoms with van der Waals surface area (Å²) in [7, 11) is 0.818. The van der Waals surface area contributed by atoms with Crippen LogP contribution in [-0.4, -0.2) is 7.28 Å². The maximum absolute atomic E-state index is 4.18. The van der Waals surface area contributed by atoms with Crippen molar-refractivity contribution in [2.45, 2.75) is 76.0 Å². The van der Waals surface area contributed by atoms with Crippen LogP contribution < -0.4 is 21.1 Å². The molecule has 10 aromatic rings. The van der Waals surface area contributed by atoms with E-state index in [1.807, 2.05) is 11.3 Å². The summed E-state index contributed by atoms with van der Waals surface area (Å²) < 4.78 is 2.67. The number of para-hydroxylation sites is 2. The fraction of sp³-hybridized carbons (Fsp3) is 0.182. The Balaban J connectivity index is 1.03. The number of nitrogens with zero attached hydrogens (tertiary/aromatic N) is 1. The Hall–Kier alpha value is -7.14. The van der Waals surface area contributed by atoms with Crippen molar-refractivity contribution >= 4 is 78.2 Å². The molecule has 1 N–H and O–H groups in total. The van der Waals surface area contributed by atoms with Crippen molar-refractivity contribution in [2.75, 3.05) is 10.2 Å². The van der Waals surface area contributed by atoms with Gasteiger partial charge in [-0.05, 0) is 144 Å². The smallest absolute Gasteiger partial charge is 0.198 e. The monoisotopic (exact) mass is 916 g/mol. The van der Waals surface area contributed by atoms with Gasteiger partial charge in [0.25, 0.3) is 0 Å². The Bertz CT molecular complexity index is 3910. The summed E-state index contributed by atoms with van der Waals surface area (Å²) >= 11 is 1.95. The van der Waals surface area contributed by atoms with Crippen molar-refractivity contribution in [3.05, 3.63) is 220 Å². The van der Waals surface area contributed by atoms with Gasteiger partial charge in [-0.3, -0.25) is 0 Å². The number of nitrogens with one attached hydrogen (secondary N) is 1. The van der Waals surface area contributed by atoms with Gasteiger partial charge in [0.1, 0.15) is 0 Å². The minimum absolute atomic E-state index is 0.0919. The van der Waals surface area contributed by atoms with Gasteiger partial charge in [-0.2, -0.15) is 0 Å². The number of benzene rings is 9. The van der Waals surface area contributed by atoms with Crippen molar-refractivity contribution in [1.29, 1.82) is 0 Å². The number of fused-ring (bicyclic) bond motifs is 19. The molecule has 0 atom stereocenters. The molecule has 2 nitrogen and oxygen atoms in total. The number of thiophene rings is 1. The molecule has 70 heavy (non-hydrogen) atoms. The van der Waals surface area contributed by atoms with E-state index in [2.05, 4.69) is 228 Å². The van der Waals surface area contributed by atoms with Crippen LogP contribution in [0.25, 0.3) is 53.6 Å². The first-order valence-electron chi connectivity index (χ1n) is 25.3. The number of hydrogen-bond acceptors (Lipinski definition) is 3. The van der Waals surface area contributed by atoms with Crippen LogP contribution in [0.3, 0.4) is 0 Å². The standard InChI is InChI=1S/C66H53BN2S/c1-63(2)32-33-64(3,4)54-34-38(30-31-50(54)63)68-56-37-43-41-20-7-11-22-47(41)65(5,6)53(43)36-44(56)45-35-46-42-21-10-16-29-58(42)70-62(46)61-59(45)67-55-27-17-26-52-60(55)69(61)57-28-15-14-25-51(57)66(52)48-23-12-8-18-39(48)40-19-9-13-24-49(40)66/h7-31,34-37,67-68H,32-33H2,1-6H3. The second kappa shape index (κ2) is 13.8. The summed E-state index contributed by atoms with van der Waals surface area (Å²) in [5.74, 6) is 0. The van der Waals surface area contributed by atoms with Crippen LogP contribution in [-0.2, 0) is 21.7 Å². The van der Waals surface area contributed by atoms with Crippen LogP contribution in [0.5, 0.6) is 0 Å². The van der Waals surface area contributed by atoms with Gasteiger partial charge in [-0.15, -0.1) is 11.3 Å². The van der Waals surface area contributed by atoms with Crippen LogP contribution in [0.1, 0.15) is 98.9 Å². The fourth-order valence-corrected chi connectivity index (χ4v) is 15.5. The van der Waals surface area contributed by atoms with Crippen LogP contribution in [0, 0.1) is 0 Å². The zero-order chi connectivity index (χ0) is 47.1. The lowest BCUT2D eigenvalue weighted by Gasteiger charge is -2.48. The first-order chi connectivity index (χ1) is 33.9. The Labute approximate surface area is 415 Å². The number of anilines is 5. The molecule has 1 aromatic heterocycles. The van der Waals surface area contributed by atoms with Crippen LogP contribution in [0.4, 0.5) is 28.4 Å². The molecule has 9 aromatic carbocycles. The van der Waals surface area contributed by atoms with E-state index in [0.717, 1.165) is 18.7 Å². The average Bonchev–Trinajstić information content (AvgIpc) is 3.98. The normalized spacial score (nSPS) is 17.1. The molecule has 336 valence electrons. The van der Waals surface area contributed by atoms with Crippen molar-refractivity contribution in [3.63, 3.8) is 0 Å². The van der Waals surface area contributed by atoms with Crippen molar-refractivity contribution in [1.82, 2.24) is 0 Å². The van der Waals surface area contributed by atoms with E-state index in [9.17, 15) is 0 Å². The van der Waals surface area contributed by atoms with Gasteiger partial charge in [0, 0.05) is 43.5 Å². The molecule has 2 aliphatic heterocycles. The van der Waals surface area contributed by atoms with E-state index in [1.165, 1.54) is 139 Å². The molecule has 5 aliphatic rings. The molecule has 0 fully saturated rings. The molecular formula is C66H53BN2S. The quantitative estimate of drug-likeness (QED) is 0.178. The average molecular weight is 917 g/mol. The third-order valence-electron chi connectivity index (χ3n) is 17.7. The highest BCUT2D eigenvalue weighted by atomic mass is 32.1. The molecule has 1 spiro atoms. The third kappa shape index (κ3) is 5.15. The topological polar surface area (TPSA) is 15.3 Å². The summed E-state index contributed by atoms with van der Waals surface area (Å²) in [6, 6.07) is 68.0. The zero-order valence-electron chi connectivity index (χ0n) is 40.7. The molecule has 0 amide bonds. The van der Waals surface area contributed by atoms with E-state index in [4.69, 9.17) is 0 Å². The van der Waals surface area contributed by atoms with Gasteiger partial charge < -0.3 is 10.2 Å². The summed E-state index contributed by atoms with van der Waals surface area (Å²) in [6.45, 7) is 14.6. The van der Waals surface area contributed by atoms with E-state index in [0.29, 0.717) is 0 Å². The van der Waals surface area contributed by atoms with Gasteiger partial charge in [0.15, 0.2) is 7.28 Å². The molecule has 4 heteroatoms. The Morgan fingerprint density at radius 2 is 1.09 bits per heavy atom. The molecule has 0 unspecified atom stereocenters. The third-order valence-corrected chi connectivity index (χ3v) is 18.9. The highest BCUT2D eigenvalue weighted by Crippen LogP contribution is 2.64. The van der Waals surface area contributed by atoms with Crippen molar-refractivity contribution in [3.8, 4) is 33.4 Å². The molecule has 0 bridgehead atoms. The Morgan fingerprint density at radius 1 is 0.457 bits per heavy atom. The molecule has 3 aliphatic carbocycles. The fourth-order valence-electron chi connectivity index (χ4n) is 14.2. The van der Waals surface area contributed by atoms with Gasteiger partial charge in [0.2, 0.25) is 0 Å². The van der Waals surface area contributed by atoms with Crippen molar-refractivity contribution in [2.24, 2.45) is 0 Å². The number of rotatable bonds is 3. The first kappa shape index (κ1) is 40.7. The lowest BCUT2D eigenvalue weighted by molar-refractivity contribution is 0.332. The van der Waals surface area contributed by atoms with Gasteiger partial charge in [-0.1, -0.05) is 180 Å². The minimum Gasteiger partial charge on any atom is -0.355 e. The molecule has 3 heterocycles. The van der Waals surface area contributed by atoms with Gasteiger partial charge >= 0.3 is 0 Å². The summed E-state index contributed by atoms with van der Waals surface area (Å²) in [5.41, 5.74) is 27.6. The highest BCUT2D eigenvalue weighted by Gasteiger charge is 2.53. The maximum Gasteiger partial charge on any atom is 0.198 e. The predicted molar refractivity (Wildman–Crippen MR) is 299 cm³/mol. The molecule has 0 radical (unpaired) electrons. The van der Waals surface area contributed by atoms with E-state index in [1.54, 1.807) is 0 Å². The number of hydrogen-bond donors (Lipinski definition) is 1. The van der Waals surface area contributed by atoms with Crippen LogP contribution in [0.2, 0.25) is 0 Å². The summed E-state index contributed by atoms with van der Waals surface area (Å²) in [5, 5.41) is 6.81. The minimum atomic E-state index is -0.462.